The van der Waals surface area contributed by atoms with E-state index in [1.807, 2.05) is 13.8 Å². The second-order valence-electron chi connectivity index (χ2n) is 3.94. The highest BCUT2D eigenvalue weighted by Crippen LogP contribution is 2.08. The molecule has 84 valence electrons. The molecule has 0 aliphatic rings. The van der Waals surface area contributed by atoms with E-state index >= 15 is 0 Å². The van der Waals surface area contributed by atoms with Crippen molar-refractivity contribution in [2.75, 3.05) is 13.2 Å². The average Bonchev–Trinajstić information content (AvgIpc) is 2.02. The summed E-state index contributed by atoms with van der Waals surface area (Å²) in [6.07, 6.45) is 2.25. The first kappa shape index (κ1) is 13.4. The third-order valence-electron chi connectivity index (χ3n) is 1.98. The molecule has 0 bridgehead atoms. The Morgan fingerprint density at radius 3 is 2.21 bits per heavy atom. The number of carbonyl (C=O) groups excluding carboxylic acids is 1. The first-order valence-corrected chi connectivity index (χ1v) is 5.27. The molecule has 0 fully saturated rings. The Balaban J connectivity index is 3.27. The van der Waals surface area contributed by atoms with E-state index in [2.05, 4.69) is 6.92 Å². The summed E-state index contributed by atoms with van der Waals surface area (Å²) in [6, 6.07) is 0. The van der Waals surface area contributed by atoms with Crippen molar-refractivity contribution in [2.24, 2.45) is 5.92 Å². The average molecular weight is 202 g/mol. The maximum atomic E-state index is 10.5. The Labute approximate surface area is 86.8 Å². The lowest BCUT2D eigenvalue weighted by atomic mass is 10.1. The van der Waals surface area contributed by atoms with E-state index in [-0.39, 0.29) is 5.97 Å². The van der Waals surface area contributed by atoms with Crippen molar-refractivity contribution in [1.82, 2.24) is 0 Å². The standard InChI is InChI=1S/C11H22O3/c1-9(2)13-7-5-10(3)6-8-14-11(4)12/h9-10H,5-8H2,1-4H3. The zero-order valence-corrected chi connectivity index (χ0v) is 9.71. The van der Waals surface area contributed by atoms with Crippen LogP contribution in [0.15, 0.2) is 0 Å². The minimum atomic E-state index is -0.198. The second kappa shape index (κ2) is 7.80. The van der Waals surface area contributed by atoms with E-state index in [0.29, 0.717) is 18.6 Å². The molecule has 0 radical (unpaired) electrons. The van der Waals surface area contributed by atoms with Gasteiger partial charge in [-0.15, -0.1) is 0 Å². The van der Waals surface area contributed by atoms with Gasteiger partial charge in [-0.2, -0.15) is 0 Å². The Morgan fingerprint density at radius 1 is 1.14 bits per heavy atom. The van der Waals surface area contributed by atoms with Gasteiger partial charge in [-0.3, -0.25) is 4.79 Å². The van der Waals surface area contributed by atoms with Gasteiger partial charge in [0.1, 0.15) is 0 Å². The van der Waals surface area contributed by atoms with E-state index in [1.165, 1.54) is 6.92 Å². The van der Waals surface area contributed by atoms with Crippen molar-refractivity contribution >= 4 is 5.97 Å². The first-order chi connectivity index (χ1) is 6.52. The molecule has 0 amide bonds. The molecule has 0 aromatic heterocycles. The Morgan fingerprint density at radius 2 is 1.71 bits per heavy atom. The topological polar surface area (TPSA) is 35.5 Å². The third-order valence-corrected chi connectivity index (χ3v) is 1.98. The predicted molar refractivity (Wildman–Crippen MR) is 56.1 cm³/mol. The van der Waals surface area contributed by atoms with Gasteiger partial charge in [0.2, 0.25) is 0 Å². The molecule has 14 heavy (non-hydrogen) atoms. The van der Waals surface area contributed by atoms with Crippen LogP contribution in [-0.4, -0.2) is 25.3 Å². The zero-order valence-electron chi connectivity index (χ0n) is 9.71. The fraction of sp³-hybridized carbons (Fsp3) is 0.909. The predicted octanol–water partition coefficient (Wildman–Crippen LogP) is 2.39. The first-order valence-electron chi connectivity index (χ1n) is 5.27. The number of ether oxygens (including phenoxy) is 2. The largest absolute Gasteiger partial charge is 0.466 e. The molecular formula is C11H22O3. The number of hydrogen-bond donors (Lipinski definition) is 0. The molecule has 0 aliphatic heterocycles. The minimum Gasteiger partial charge on any atom is -0.466 e. The van der Waals surface area contributed by atoms with Crippen LogP contribution in [0.1, 0.15) is 40.5 Å². The maximum absolute atomic E-state index is 10.5. The number of hydrogen-bond acceptors (Lipinski definition) is 3. The van der Waals surface area contributed by atoms with Gasteiger partial charge in [0.15, 0.2) is 0 Å². The van der Waals surface area contributed by atoms with E-state index in [4.69, 9.17) is 9.47 Å². The van der Waals surface area contributed by atoms with Crippen LogP contribution < -0.4 is 0 Å². The molecule has 0 saturated heterocycles. The number of carbonyl (C=O) groups is 1. The molecule has 0 N–H and O–H groups in total. The quantitative estimate of drug-likeness (QED) is 0.595. The smallest absolute Gasteiger partial charge is 0.302 e. The van der Waals surface area contributed by atoms with Crippen molar-refractivity contribution in [3.8, 4) is 0 Å². The summed E-state index contributed by atoms with van der Waals surface area (Å²) in [4.78, 5) is 10.5. The summed E-state index contributed by atoms with van der Waals surface area (Å²) in [7, 11) is 0. The summed E-state index contributed by atoms with van der Waals surface area (Å²) in [6.45, 7) is 8.96. The lowest BCUT2D eigenvalue weighted by Crippen LogP contribution is -2.10. The molecule has 0 rings (SSSR count). The highest BCUT2D eigenvalue weighted by Gasteiger charge is 2.03. The van der Waals surface area contributed by atoms with E-state index in [9.17, 15) is 4.79 Å². The molecule has 3 nitrogen and oxygen atoms in total. The summed E-state index contributed by atoms with van der Waals surface area (Å²) >= 11 is 0. The van der Waals surface area contributed by atoms with E-state index < -0.39 is 0 Å². The SMILES string of the molecule is CC(=O)OCCC(C)CCOC(C)C. The van der Waals surface area contributed by atoms with Gasteiger partial charge in [0, 0.05) is 13.5 Å². The van der Waals surface area contributed by atoms with Crippen molar-refractivity contribution < 1.29 is 14.3 Å². The zero-order chi connectivity index (χ0) is 11.0. The lowest BCUT2D eigenvalue weighted by molar-refractivity contribution is -0.141. The van der Waals surface area contributed by atoms with Crippen LogP contribution in [0.25, 0.3) is 0 Å². The molecule has 1 atom stereocenters. The molecule has 0 aliphatic carbocycles. The van der Waals surface area contributed by atoms with Crippen LogP contribution in [0.2, 0.25) is 0 Å². The van der Waals surface area contributed by atoms with E-state index in [0.717, 1.165) is 19.4 Å². The van der Waals surface area contributed by atoms with Crippen LogP contribution in [-0.2, 0) is 14.3 Å². The van der Waals surface area contributed by atoms with Crippen LogP contribution in [0, 0.1) is 5.92 Å². The molecule has 0 aromatic carbocycles. The highest BCUT2D eigenvalue weighted by atomic mass is 16.5. The number of esters is 1. The lowest BCUT2D eigenvalue weighted by Gasteiger charge is -2.12. The Hall–Kier alpha value is -0.570. The summed E-state index contributed by atoms with van der Waals surface area (Å²) in [5.74, 6) is 0.351. The van der Waals surface area contributed by atoms with Gasteiger partial charge in [0.25, 0.3) is 0 Å². The molecule has 0 spiro atoms. The fourth-order valence-corrected chi connectivity index (χ4v) is 1.05. The molecular weight excluding hydrogens is 180 g/mol. The van der Waals surface area contributed by atoms with Crippen molar-refractivity contribution in [3.05, 3.63) is 0 Å². The Bertz CT molecular complexity index is 155. The summed E-state index contributed by atoms with van der Waals surface area (Å²) in [5, 5.41) is 0. The third kappa shape index (κ3) is 9.52. The van der Waals surface area contributed by atoms with Crippen molar-refractivity contribution in [2.45, 2.75) is 46.6 Å². The molecule has 0 heterocycles. The fourth-order valence-electron chi connectivity index (χ4n) is 1.05. The van der Waals surface area contributed by atoms with Gasteiger partial charge < -0.3 is 9.47 Å². The van der Waals surface area contributed by atoms with Crippen LogP contribution in [0.3, 0.4) is 0 Å². The Kier molecular flexibility index (Phi) is 7.48. The second-order valence-corrected chi connectivity index (χ2v) is 3.94. The van der Waals surface area contributed by atoms with Gasteiger partial charge >= 0.3 is 5.97 Å². The van der Waals surface area contributed by atoms with Crippen LogP contribution >= 0.6 is 0 Å². The molecule has 3 heteroatoms. The highest BCUT2D eigenvalue weighted by molar-refractivity contribution is 5.65. The van der Waals surface area contributed by atoms with Gasteiger partial charge in [0.05, 0.1) is 12.7 Å². The molecule has 0 aromatic rings. The van der Waals surface area contributed by atoms with Crippen LogP contribution in [0.4, 0.5) is 0 Å². The monoisotopic (exact) mass is 202 g/mol. The van der Waals surface area contributed by atoms with Crippen molar-refractivity contribution in [3.63, 3.8) is 0 Å². The van der Waals surface area contributed by atoms with Gasteiger partial charge in [-0.25, -0.2) is 0 Å². The molecule has 0 saturated carbocycles. The van der Waals surface area contributed by atoms with Gasteiger partial charge in [-0.05, 0) is 32.6 Å². The summed E-state index contributed by atoms with van der Waals surface area (Å²) in [5.41, 5.74) is 0. The van der Waals surface area contributed by atoms with Crippen LogP contribution in [0.5, 0.6) is 0 Å². The van der Waals surface area contributed by atoms with Crippen molar-refractivity contribution in [1.29, 1.82) is 0 Å². The maximum Gasteiger partial charge on any atom is 0.302 e. The minimum absolute atomic E-state index is 0.198. The molecule has 1 unspecified atom stereocenters. The summed E-state index contributed by atoms with van der Waals surface area (Å²) < 4.78 is 10.3. The van der Waals surface area contributed by atoms with Gasteiger partial charge in [-0.1, -0.05) is 6.92 Å². The van der Waals surface area contributed by atoms with E-state index in [1.54, 1.807) is 0 Å². The number of rotatable bonds is 7. The normalized spacial score (nSPS) is 12.9.